The number of aromatic nitrogens is 1. The molecule has 1 fully saturated rings. The van der Waals surface area contributed by atoms with Gasteiger partial charge in [-0.05, 0) is 38.3 Å². The fourth-order valence-corrected chi connectivity index (χ4v) is 2.21. The average Bonchev–Trinajstić information content (AvgIpc) is 2.66. The molecule has 1 saturated carbocycles. The molecule has 86 valence electrons. The standard InChI is InChI=1S/C12H16N2O2/c1-8-6-11(4-5-13-8)14-10-3-2-9(7-10)12(15)16/h4-6,9-10H,2-3,7H2,1H3,(H,13,14)(H,15,16). The van der Waals surface area contributed by atoms with Crippen LogP contribution in [0, 0.1) is 12.8 Å². The highest BCUT2D eigenvalue weighted by Gasteiger charge is 2.29. The SMILES string of the molecule is Cc1cc(NC2CCC(C(=O)O)C2)ccn1. The van der Waals surface area contributed by atoms with Crippen molar-refractivity contribution >= 4 is 11.7 Å². The predicted molar refractivity (Wildman–Crippen MR) is 61.4 cm³/mol. The van der Waals surface area contributed by atoms with Gasteiger partial charge >= 0.3 is 5.97 Å². The molecule has 0 spiro atoms. The fourth-order valence-electron chi connectivity index (χ4n) is 2.21. The fraction of sp³-hybridized carbons (Fsp3) is 0.500. The molecule has 0 amide bonds. The third kappa shape index (κ3) is 2.51. The van der Waals surface area contributed by atoms with Crippen LogP contribution in [0.15, 0.2) is 18.3 Å². The number of carbonyl (C=O) groups is 1. The molecule has 2 atom stereocenters. The Kier molecular flexibility index (Phi) is 3.08. The summed E-state index contributed by atoms with van der Waals surface area (Å²) in [6.45, 7) is 1.94. The zero-order valence-electron chi connectivity index (χ0n) is 9.31. The number of anilines is 1. The van der Waals surface area contributed by atoms with Gasteiger partial charge in [0.15, 0.2) is 0 Å². The number of nitrogens with zero attached hydrogens (tertiary/aromatic N) is 1. The number of hydrogen-bond acceptors (Lipinski definition) is 3. The van der Waals surface area contributed by atoms with E-state index >= 15 is 0 Å². The van der Waals surface area contributed by atoms with Crippen LogP contribution in [0.4, 0.5) is 5.69 Å². The first kappa shape index (κ1) is 10.9. The number of aliphatic carboxylic acids is 1. The maximum atomic E-state index is 10.8. The quantitative estimate of drug-likeness (QED) is 0.818. The summed E-state index contributed by atoms with van der Waals surface area (Å²) in [5, 5.41) is 12.3. The van der Waals surface area contributed by atoms with Gasteiger partial charge in [-0.1, -0.05) is 0 Å². The van der Waals surface area contributed by atoms with Crippen molar-refractivity contribution in [3.05, 3.63) is 24.0 Å². The first-order chi connectivity index (χ1) is 7.65. The number of aryl methyl sites for hydroxylation is 1. The highest BCUT2D eigenvalue weighted by Crippen LogP contribution is 2.28. The molecule has 16 heavy (non-hydrogen) atoms. The second-order valence-corrected chi connectivity index (χ2v) is 4.38. The molecule has 2 rings (SSSR count). The molecular formula is C12H16N2O2. The van der Waals surface area contributed by atoms with E-state index in [-0.39, 0.29) is 12.0 Å². The Morgan fingerprint density at radius 2 is 2.38 bits per heavy atom. The zero-order valence-corrected chi connectivity index (χ0v) is 9.31. The Bertz CT molecular complexity index is 392. The van der Waals surface area contributed by atoms with Gasteiger partial charge in [0.05, 0.1) is 5.92 Å². The van der Waals surface area contributed by atoms with Gasteiger partial charge in [-0.2, -0.15) is 0 Å². The Balaban J connectivity index is 1.94. The largest absolute Gasteiger partial charge is 0.481 e. The molecule has 1 aromatic heterocycles. The number of carboxylic acid groups (broad SMARTS) is 1. The molecule has 0 radical (unpaired) electrons. The molecule has 0 aromatic carbocycles. The van der Waals surface area contributed by atoms with Gasteiger partial charge < -0.3 is 10.4 Å². The lowest BCUT2D eigenvalue weighted by atomic mass is 10.1. The minimum atomic E-state index is -0.671. The molecule has 1 aliphatic rings. The van der Waals surface area contributed by atoms with E-state index in [1.807, 2.05) is 19.1 Å². The van der Waals surface area contributed by atoms with E-state index in [1.165, 1.54) is 0 Å². The van der Waals surface area contributed by atoms with Crippen LogP contribution >= 0.6 is 0 Å². The summed E-state index contributed by atoms with van der Waals surface area (Å²) in [7, 11) is 0. The van der Waals surface area contributed by atoms with Gasteiger partial charge in [0, 0.05) is 23.6 Å². The van der Waals surface area contributed by atoms with Crippen molar-refractivity contribution in [1.29, 1.82) is 0 Å². The molecule has 0 aliphatic heterocycles. The Morgan fingerprint density at radius 1 is 1.56 bits per heavy atom. The van der Waals surface area contributed by atoms with Crippen LogP contribution in [0.3, 0.4) is 0 Å². The first-order valence-electron chi connectivity index (χ1n) is 5.57. The summed E-state index contributed by atoms with van der Waals surface area (Å²) in [5.41, 5.74) is 2.00. The second kappa shape index (κ2) is 4.51. The Hall–Kier alpha value is -1.58. The van der Waals surface area contributed by atoms with Crippen LogP contribution in [0.25, 0.3) is 0 Å². The van der Waals surface area contributed by atoms with Gasteiger partial charge in [0.25, 0.3) is 0 Å². The molecule has 2 N–H and O–H groups in total. The van der Waals surface area contributed by atoms with E-state index in [0.29, 0.717) is 0 Å². The maximum Gasteiger partial charge on any atom is 0.306 e. The van der Waals surface area contributed by atoms with Gasteiger partial charge in [-0.25, -0.2) is 0 Å². The molecule has 1 aromatic rings. The second-order valence-electron chi connectivity index (χ2n) is 4.38. The molecule has 4 nitrogen and oxygen atoms in total. The average molecular weight is 220 g/mol. The van der Waals surface area contributed by atoms with E-state index in [2.05, 4.69) is 10.3 Å². The smallest absolute Gasteiger partial charge is 0.306 e. The lowest BCUT2D eigenvalue weighted by Gasteiger charge is -2.13. The third-order valence-electron chi connectivity index (χ3n) is 3.05. The van der Waals surface area contributed by atoms with Crippen molar-refractivity contribution in [3.8, 4) is 0 Å². The lowest BCUT2D eigenvalue weighted by molar-refractivity contribution is -0.141. The number of rotatable bonds is 3. The van der Waals surface area contributed by atoms with Crippen molar-refractivity contribution in [2.24, 2.45) is 5.92 Å². The maximum absolute atomic E-state index is 10.8. The van der Waals surface area contributed by atoms with Gasteiger partial charge in [-0.15, -0.1) is 0 Å². The van der Waals surface area contributed by atoms with Crippen LogP contribution < -0.4 is 5.32 Å². The van der Waals surface area contributed by atoms with Crippen molar-refractivity contribution < 1.29 is 9.90 Å². The van der Waals surface area contributed by atoms with Crippen molar-refractivity contribution in [1.82, 2.24) is 4.98 Å². The minimum absolute atomic E-state index is 0.180. The van der Waals surface area contributed by atoms with E-state index in [4.69, 9.17) is 5.11 Å². The normalized spacial score (nSPS) is 24.3. The number of nitrogens with one attached hydrogen (secondary N) is 1. The van der Waals surface area contributed by atoms with Crippen LogP contribution in [-0.4, -0.2) is 22.1 Å². The summed E-state index contributed by atoms with van der Waals surface area (Å²) >= 11 is 0. The van der Waals surface area contributed by atoms with Crippen molar-refractivity contribution in [3.63, 3.8) is 0 Å². The van der Waals surface area contributed by atoms with E-state index < -0.39 is 5.97 Å². The van der Waals surface area contributed by atoms with Crippen LogP contribution in [0.5, 0.6) is 0 Å². The Labute approximate surface area is 94.7 Å². The molecular weight excluding hydrogens is 204 g/mol. The highest BCUT2D eigenvalue weighted by molar-refractivity contribution is 5.70. The summed E-state index contributed by atoms with van der Waals surface area (Å²) in [6, 6.07) is 4.18. The minimum Gasteiger partial charge on any atom is -0.481 e. The number of pyridine rings is 1. The summed E-state index contributed by atoms with van der Waals surface area (Å²) < 4.78 is 0. The number of hydrogen-bond donors (Lipinski definition) is 2. The predicted octanol–water partition coefficient (Wildman–Crippen LogP) is 2.06. The van der Waals surface area contributed by atoms with E-state index in [0.717, 1.165) is 30.6 Å². The third-order valence-corrected chi connectivity index (χ3v) is 3.05. The van der Waals surface area contributed by atoms with Crippen LogP contribution in [0.2, 0.25) is 0 Å². The molecule has 0 bridgehead atoms. The van der Waals surface area contributed by atoms with Crippen molar-refractivity contribution in [2.45, 2.75) is 32.2 Å². The summed E-state index contributed by atoms with van der Waals surface area (Å²) in [4.78, 5) is 14.9. The monoisotopic (exact) mass is 220 g/mol. The van der Waals surface area contributed by atoms with Crippen LogP contribution in [-0.2, 0) is 4.79 Å². The lowest BCUT2D eigenvalue weighted by Crippen LogP contribution is -2.17. The van der Waals surface area contributed by atoms with E-state index in [9.17, 15) is 4.79 Å². The van der Waals surface area contributed by atoms with Crippen LogP contribution in [0.1, 0.15) is 25.0 Å². The highest BCUT2D eigenvalue weighted by atomic mass is 16.4. The Morgan fingerprint density at radius 3 is 3.00 bits per heavy atom. The van der Waals surface area contributed by atoms with E-state index in [1.54, 1.807) is 6.20 Å². The first-order valence-corrected chi connectivity index (χ1v) is 5.57. The number of carboxylic acids is 1. The zero-order chi connectivity index (χ0) is 11.5. The van der Waals surface area contributed by atoms with Crippen molar-refractivity contribution in [2.75, 3.05) is 5.32 Å². The van der Waals surface area contributed by atoms with Gasteiger partial charge in [-0.3, -0.25) is 9.78 Å². The van der Waals surface area contributed by atoms with Gasteiger partial charge in [0.2, 0.25) is 0 Å². The molecule has 4 heteroatoms. The molecule has 1 aliphatic carbocycles. The topological polar surface area (TPSA) is 62.2 Å². The summed E-state index contributed by atoms with van der Waals surface area (Å²) in [5.74, 6) is -0.851. The van der Waals surface area contributed by atoms with Gasteiger partial charge in [0.1, 0.15) is 0 Å². The summed E-state index contributed by atoms with van der Waals surface area (Å²) in [6.07, 6.45) is 4.19. The molecule has 1 heterocycles. The molecule has 2 unspecified atom stereocenters. The molecule has 0 saturated heterocycles.